The maximum atomic E-state index is 14.0. The van der Waals surface area contributed by atoms with Crippen molar-refractivity contribution in [2.45, 2.75) is 25.8 Å². The SMILES string of the molecule is N#Cc1cccc(CN2CCCC(CC(=O)O)C2)c1F. The summed E-state index contributed by atoms with van der Waals surface area (Å²) in [7, 11) is 0. The van der Waals surface area contributed by atoms with Crippen molar-refractivity contribution in [3.63, 3.8) is 0 Å². The van der Waals surface area contributed by atoms with Gasteiger partial charge in [0, 0.05) is 25.1 Å². The van der Waals surface area contributed by atoms with Crippen LogP contribution in [0.5, 0.6) is 0 Å². The second kappa shape index (κ2) is 6.49. The van der Waals surface area contributed by atoms with Crippen molar-refractivity contribution in [3.05, 3.63) is 35.1 Å². The number of carbonyl (C=O) groups is 1. The molecule has 0 radical (unpaired) electrons. The molecule has 4 nitrogen and oxygen atoms in total. The predicted molar refractivity (Wildman–Crippen MR) is 71.4 cm³/mol. The Bertz CT molecular complexity index is 539. The Hall–Kier alpha value is -1.93. The third-order valence-corrected chi connectivity index (χ3v) is 3.66. The van der Waals surface area contributed by atoms with E-state index >= 15 is 0 Å². The Morgan fingerprint density at radius 1 is 1.55 bits per heavy atom. The van der Waals surface area contributed by atoms with Gasteiger partial charge in [0.1, 0.15) is 11.9 Å². The zero-order valence-electron chi connectivity index (χ0n) is 11.2. The Balaban J connectivity index is 2.03. The zero-order chi connectivity index (χ0) is 14.5. The molecule has 1 aliphatic heterocycles. The number of likely N-dealkylation sites (tertiary alicyclic amines) is 1. The molecule has 0 aromatic heterocycles. The quantitative estimate of drug-likeness (QED) is 0.917. The van der Waals surface area contributed by atoms with Gasteiger partial charge in [-0.2, -0.15) is 5.26 Å². The third-order valence-electron chi connectivity index (χ3n) is 3.66. The van der Waals surface area contributed by atoms with E-state index in [4.69, 9.17) is 10.4 Å². The number of nitriles is 1. The van der Waals surface area contributed by atoms with E-state index in [1.807, 2.05) is 6.07 Å². The molecule has 1 aliphatic rings. The molecule has 1 aromatic rings. The van der Waals surface area contributed by atoms with Crippen LogP contribution in [0.4, 0.5) is 4.39 Å². The first-order chi connectivity index (χ1) is 9.60. The van der Waals surface area contributed by atoms with E-state index in [1.54, 1.807) is 12.1 Å². The zero-order valence-corrected chi connectivity index (χ0v) is 11.2. The number of rotatable bonds is 4. The van der Waals surface area contributed by atoms with Gasteiger partial charge in [0.15, 0.2) is 0 Å². The van der Waals surface area contributed by atoms with Crippen molar-refractivity contribution < 1.29 is 14.3 Å². The van der Waals surface area contributed by atoms with Crippen LogP contribution >= 0.6 is 0 Å². The monoisotopic (exact) mass is 276 g/mol. The Morgan fingerprint density at radius 3 is 3.05 bits per heavy atom. The lowest BCUT2D eigenvalue weighted by molar-refractivity contribution is -0.138. The van der Waals surface area contributed by atoms with Crippen LogP contribution in [-0.2, 0) is 11.3 Å². The predicted octanol–water partition coefficient (Wildman–Crippen LogP) is 2.38. The van der Waals surface area contributed by atoms with E-state index in [-0.39, 0.29) is 17.9 Å². The van der Waals surface area contributed by atoms with Crippen molar-refractivity contribution in [3.8, 4) is 6.07 Å². The first-order valence-corrected chi connectivity index (χ1v) is 6.71. The fourth-order valence-corrected chi connectivity index (χ4v) is 2.74. The molecule has 1 atom stereocenters. The van der Waals surface area contributed by atoms with Crippen LogP contribution in [0.2, 0.25) is 0 Å². The summed E-state index contributed by atoms with van der Waals surface area (Å²) in [6.07, 6.45) is 2.00. The summed E-state index contributed by atoms with van der Waals surface area (Å²) in [5.41, 5.74) is 0.557. The minimum Gasteiger partial charge on any atom is -0.481 e. The highest BCUT2D eigenvalue weighted by molar-refractivity contribution is 5.67. The lowest BCUT2D eigenvalue weighted by Gasteiger charge is -2.32. The van der Waals surface area contributed by atoms with Gasteiger partial charge in [-0.05, 0) is 31.4 Å². The molecule has 1 N–H and O–H groups in total. The van der Waals surface area contributed by atoms with Crippen molar-refractivity contribution in [1.29, 1.82) is 5.26 Å². The van der Waals surface area contributed by atoms with Gasteiger partial charge < -0.3 is 5.11 Å². The first kappa shape index (κ1) is 14.5. The van der Waals surface area contributed by atoms with Gasteiger partial charge in [0.25, 0.3) is 0 Å². The van der Waals surface area contributed by atoms with Crippen LogP contribution in [0.1, 0.15) is 30.4 Å². The summed E-state index contributed by atoms with van der Waals surface area (Å²) in [5, 5.41) is 17.7. The second-order valence-corrected chi connectivity index (χ2v) is 5.23. The van der Waals surface area contributed by atoms with E-state index in [1.165, 1.54) is 6.07 Å². The lowest BCUT2D eigenvalue weighted by Crippen LogP contribution is -2.36. The summed E-state index contributed by atoms with van der Waals surface area (Å²) in [4.78, 5) is 12.8. The molecule has 1 aromatic carbocycles. The van der Waals surface area contributed by atoms with Gasteiger partial charge in [-0.1, -0.05) is 12.1 Å². The standard InChI is InChI=1S/C15H17FN2O2/c16-15-12(8-17)4-1-5-13(15)10-18-6-2-3-11(9-18)7-14(19)20/h1,4-5,11H,2-3,6-7,9-10H2,(H,19,20). The molecule has 0 bridgehead atoms. The summed E-state index contributed by atoms with van der Waals surface area (Å²) < 4.78 is 14.0. The van der Waals surface area contributed by atoms with E-state index < -0.39 is 11.8 Å². The number of benzene rings is 1. The fourth-order valence-electron chi connectivity index (χ4n) is 2.74. The normalized spacial score (nSPS) is 19.5. The van der Waals surface area contributed by atoms with Gasteiger partial charge in [-0.15, -0.1) is 0 Å². The number of nitrogens with zero attached hydrogens (tertiary/aromatic N) is 2. The van der Waals surface area contributed by atoms with Crippen LogP contribution < -0.4 is 0 Å². The van der Waals surface area contributed by atoms with Crippen molar-refractivity contribution in [2.75, 3.05) is 13.1 Å². The molecule has 20 heavy (non-hydrogen) atoms. The van der Waals surface area contributed by atoms with Crippen LogP contribution in [0.25, 0.3) is 0 Å². The van der Waals surface area contributed by atoms with Gasteiger partial charge >= 0.3 is 5.97 Å². The lowest BCUT2D eigenvalue weighted by atomic mass is 9.94. The van der Waals surface area contributed by atoms with Crippen molar-refractivity contribution >= 4 is 5.97 Å². The molecular weight excluding hydrogens is 259 g/mol. The molecule has 0 spiro atoms. The average molecular weight is 276 g/mol. The van der Waals surface area contributed by atoms with E-state index in [0.717, 1.165) is 19.4 Å². The van der Waals surface area contributed by atoms with Crippen LogP contribution in [0.3, 0.4) is 0 Å². The largest absolute Gasteiger partial charge is 0.481 e. The minimum absolute atomic E-state index is 0.0570. The van der Waals surface area contributed by atoms with E-state index in [9.17, 15) is 9.18 Å². The van der Waals surface area contributed by atoms with Gasteiger partial charge in [0.2, 0.25) is 0 Å². The number of aliphatic carboxylic acids is 1. The second-order valence-electron chi connectivity index (χ2n) is 5.23. The van der Waals surface area contributed by atoms with Crippen molar-refractivity contribution in [1.82, 2.24) is 4.90 Å². The third kappa shape index (κ3) is 3.55. The van der Waals surface area contributed by atoms with Gasteiger partial charge in [-0.25, -0.2) is 4.39 Å². The Kier molecular flexibility index (Phi) is 4.70. The molecule has 1 saturated heterocycles. The topological polar surface area (TPSA) is 64.3 Å². The summed E-state index contributed by atoms with van der Waals surface area (Å²) >= 11 is 0. The highest BCUT2D eigenvalue weighted by atomic mass is 19.1. The number of carboxylic acid groups (broad SMARTS) is 1. The summed E-state index contributed by atoms with van der Waals surface area (Å²) in [6, 6.07) is 6.65. The van der Waals surface area contributed by atoms with Gasteiger partial charge in [0.05, 0.1) is 5.56 Å². The van der Waals surface area contributed by atoms with E-state index in [0.29, 0.717) is 18.7 Å². The fraction of sp³-hybridized carbons (Fsp3) is 0.467. The summed E-state index contributed by atoms with van der Waals surface area (Å²) in [5.74, 6) is -1.12. The van der Waals surface area contributed by atoms with Gasteiger partial charge in [-0.3, -0.25) is 9.69 Å². The molecule has 0 amide bonds. The Morgan fingerprint density at radius 2 is 2.35 bits per heavy atom. The van der Waals surface area contributed by atoms with Crippen LogP contribution in [0, 0.1) is 23.1 Å². The highest BCUT2D eigenvalue weighted by Gasteiger charge is 2.23. The molecule has 106 valence electrons. The minimum atomic E-state index is -0.783. The molecule has 5 heteroatoms. The molecule has 2 rings (SSSR count). The molecular formula is C15H17FN2O2. The average Bonchev–Trinajstić information content (AvgIpc) is 2.41. The number of hydrogen-bond acceptors (Lipinski definition) is 3. The van der Waals surface area contributed by atoms with Crippen LogP contribution in [-0.4, -0.2) is 29.1 Å². The first-order valence-electron chi connectivity index (χ1n) is 6.71. The number of hydrogen-bond donors (Lipinski definition) is 1. The molecule has 1 fully saturated rings. The van der Waals surface area contributed by atoms with Crippen molar-refractivity contribution in [2.24, 2.45) is 5.92 Å². The van der Waals surface area contributed by atoms with Crippen LogP contribution in [0.15, 0.2) is 18.2 Å². The molecule has 1 unspecified atom stereocenters. The number of piperidine rings is 1. The Labute approximate surface area is 117 Å². The maximum Gasteiger partial charge on any atom is 0.303 e. The molecule has 1 heterocycles. The maximum absolute atomic E-state index is 14.0. The van der Waals surface area contributed by atoms with E-state index in [2.05, 4.69) is 4.90 Å². The smallest absolute Gasteiger partial charge is 0.303 e. The number of halogens is 1. The number of carboxylic acids is 1. The molecule has 0 saturated carbocycles. The summed E-state index contributed by atoms with van der Waals surface area (Å²) in [6.45, 7) is 1.94. The highest BCUT2D eigenvalue weighted by Crippen LogP contribution is 2.22. The molecule has 0 aliphatic carbocycles.